The van der Waals surface area contributed by atoms with Crippen molar-refractivity contribution in [3.05, 3.63) is 65.4 Å². The molecular formula is C25H37NO2. The predicted octanol–water partition coefficient (Wildman–Crippen LogP) is 5.71. The van der Waals surface area contributed by atoms with E-state index in [4.69, 9.17) is 9.47 Å². The first-order valence-corrected chi connectivity index (χ1v) is 10.6. The Labute approximate surface area is 171 Å². The molecule has 0 spiro atoms. The summed E-state index contributed by atoms with van der Waals surface area (Å²) in [7, 11) is 0. The van der Waals surface area contributed by atoms with Gasteiger partial charge in [0.1, 0.15) is 0 Å². The smallest absolute Gasteiger partial charge is 0.0736 e. The molecule has 1 fully saturated rings. The number of hydrogen-bond donors (Lipinski definition) is 0. The molecule has 1 saturated heterocycles. The van der Waals surface area contributed by atoms with Crippen LogP contribution in [0.1, 0.15) is 46.1 Å². The quantitative estimate of drug-likeness (QED) is 0.382. The highest BCUT2D eigenvalue weighted by Crippen LogP contribution is 2.27. The van der Waals surface area contributed by atoms with Crippen molar-refractivity contribution in [2.75, 3.05) is 39.5 Å². The minimum absolute atomic E-state index is 0.500. The van der Waals surface area contributed by atoms with E-state index in [0.29, 0.717) is 12.5 Å². The maximum atomic E-state index is 5.86. The Bertz CT molecular complexity index is 650. The molecule has 2 rings (SSSR count). The molecule has 3 heteroatoms. The van der Waals surface area contributed by atoms with E-state index >= 15 is 0 Å². The lowest BCUT2D eigenvalue weighted by atomic mass is 9.93. The second-order valence-electron chi connectivity index (χ2n) is 7.72. The van der Waals surface area contributed by atoms with Gasteiger partial charge in [0.15, 0.2) is 0 Å². The zero-order valence-electron chi connectivity index (χ0n) is 18.1. The first kappa shape index (κ1) is 22.4. The highest BCUT2D eigenvalue weighted by molar-refractivity contribution is 5.79. The standard InChI is InChI=1S/C25H37NO2/c1-5-27-20-24(19-26-14-16-28-17-15-26)25(23-12-7-6-8-13-23)18-22(4)11-9-10-21(2)3/h6-8,10,12-13,18-19,22H,5,9,11,14-17,20H2,1-4H3/b24-19+,25-18+/t22-/m0/s1. The largest absolute Gasteiger partial charge is 0.378 e. The Morgan fingerprint density at radius 2 is 1.89 bits per heavy atom. The van der Waals surface area contributed by atoms with Gasteiger partial charge in [0.2, 0.25) is 0 Å². The summed E-state index contributed by atoms with van der Waals surface area (Å²) in [5, 5.41) is 0. The third kappa shape index (κ3) is 8.04. The molecule has 0 amide bonds. The summed E-state index contributed by atoms with van der Waals surface area (Å²) in [5.41, 5.74) is 5.20. The summed E-state index contributed by atoms with van der Waals surface area (Å²) in [5.74, 6) is 0.500. The molecule has 1 aliphatic rings. The zero-order chi connectivity index (χ0) is 20.2. The van der Waals surface area contributed by atoms with Crippen LogP contribution in [0.25, 0.3) is 5.57 Å². The molecular weight excluding hydrogens is 346 g/mol. The van der Waals surface area contributed by atoms with Crippen molar-refractivity contribution in [1.82, 2.24) is 4.90 Å². The third-order valence-corrected chi connectivity index (χ3v) is 4.90. The maximum absolute atomic E-state index is 5.86. The first-order chi connectivity index (χ1) is 13.6. The van der Waals surface area contributed by atoms with Crippen molar-refractivity contribution >= 4 is 5.57 Å². The molecule has 1 aliphatic heterocycles. The molecule has 1 atom stereocenters. The van der Waals surface area contributed by atoms with Crippen LogP contribution in [0, 0.1) is 5.92 Å². The van der Waals surface area contributed by atoms with Crippen molar-refractivity contribution in [3.8, 4) is 0 Å². The zero-order valence-corrected chi connectivity index (χ0v) is 18.1. The van der Waals surface area contributed by atoms with Gasteiger partial charge in [-0.05, 0) is 50.7 Å². The fourth-order valence-corrected chi connectivity index (χ4v) is 3.33. The summed E-state index contributed by atoms with van der Waals surface area (Å²) >= 11 is 0. The van der Waals surface area contributed by atoms with E-state index in [-0.39, 0.29) is 0 Å². The first-order valence-electron chi connectivity index (χ1n) is 10.6. The molecule has 1 aromatic rings. The maximum Gasteiger partial charge on any atom is 0.0736 e. The highest BCUT2D eigenvalue weighted by atomic mass is 16.5. The minimum Gasteiger partial charge on any atom is -0.378 e. The van der Waals surface area contributed by atoms with E-state index in [1.165, 1.54) is 22.3 Å². The molecule has 0 aromatic heterocycles. The van der Waals surface area contributed by atoms with Gasteiger partial charge >= 0.3 is 0 Å². The number of benzene rings is 1. The molecule has 0 bridgehead atoms. The molecule has 28 heavy (non-hydrogen) atoms. The van der Waals surface area contributed by atoms with Gasteiger partial charge in [-0.3, -0.25) is 0 Å². The molecule has 1 heterocycles. The molecule has 1 aromatic carbocycles. The average molecular weight is 384 g/mol. The number of morpholine rings is 1. The lowest BCUT2D eigenvalue weighted by molar-refractivity contribution is 0.0585. The monoisotopic (exact) mass is 383 g/mol. The second kappa shape index (κ2) is 12.6. The summed E-state index contributed by atoms with van der Waals surface area (Å²) in [6, 6.07) is 10.7. The van der Waals surface area contributed by atoms with Crippen molar-refractivity contribution in [1.29, 1.82) is 0 Å². The van der Waals surface area contributed by atoms with Crippen LogP contribution < -0.4 is 0 Å². The van der Waals surface area contributed by atoms with Crippen LogP contribution >= 0.6 is 0 Å². The minimum atomic E-state index is 0.500. The summed E-state index contributed by atoms with van der Waals surface area (Å²) in [4.78, 5) is 2.36. The molecule has 0 saturated carbocycles. The second-order valence-corrected chi connectivity index (χ2v) is 7.72. The molecule has 0 aliphatic carbocycles. The van der Waals surface area contributed by atoms with Gasteiger partial charge in [-0.15, -0.1) is 0 Å². The van der Waals surface area contributed by atoms with Crippen LogP contribution in [0.2, 0.25) is 0 Å². The van der Waals surface area contributed by atoms with Crippen LogP contribution in [-0.4, -0.2) is 44.4 Å². The van der Waals surface area contributed by atoms with Gasteiger partial charge in [-0.25, -0.2) is 0 Å². The van der Waals surface area contributed by atoms with E-state index < -0.39 is 0 Å². The number of hydrogen-bond acceptors (Lipinski definition) is 3. The third-order valence-electron chi connectivity index (χ3n) is 4.90. The molecule has 3 nitrogen and oxygen atoms in total. The molecule has 0 unspecified atom stereocenters. The van der Waals surface area contributed by atoms with Crippen LogP contribution in [0.5, 0.6) is 0 Å². The lowest BCUT2D eigenvalue weighted by Crippen LogP contribution is -2.32. The van der Waals surface area contributed by atoms with Crippen molar-refractivity contribution in [2.45, 2.75) is 40.5 Å². The summed E-state index contributed by atoms with van der Waals surface area (Å²) in [6.45, 7) is 13.5. The van der Waals surface area contributed by atoms with E-state index in [2.05, 4.69) is 81.3 Å². The van der Waals surface area contributed by atoms with Gasteiger partial charge in [0.05, 0.1) is 19.8 Å². The summed E-state index contributed by atoms with van der Waals surface area (Å²) in [6.07, 6.45) is 9.33. The van der Waals surface area contributed by atoms with E-state index in [9.17, 15) is 0 Å². The van der Waals surface area contributed by atoms with E-state index in [1.54, 1.807) is 0 Å². The van der Waals surface area contributed by atoms with Crippen LogP contribution in [0.4, 0.5) is 0 Å². The SMILES string of the molecule is CCOCC(=C\N1CCOCC1)/C(=C/[C@@H](C)CCC=C(C)C)c1ccccc1. The Kier molecular flexibility index (Phi) is 10.1. The number of ether oxygens (including phenoxy) is 2. The van der Waals surface area contributed by atoms with Crippen LogP contribution in [0.3, 0.4) is 0 Å². The van der Waals surface area contributed by atoms with Crippen molar-refractivity contribution in [3.63, 3.8) is 0 Å². The molecule has 0 N–H and O–H groups in total. The number of nitrogens with zero attached hydrogens (tertiary/aromatic N) is 1. The Morgan fingerprint density at radius 1 is 1.18 bits per heavy atom. The van der Waals surface area contributed by atoms with E-state index in [1.807, 2.05) is 0 Å². The summed E-state index contributed by atoms with van der Waals surface area (Å²) < 4.78 is 11.4. The Hall–Kier alpha value is -1.84. The Morgan fingerprint density at radius 3 is 2.54 bits per heavy atom. The lowest BCUT2D eigenvalue weighted by Gasteiger charge is -2.27. The molecule has 0 radical (unpaired) electrons. The fourth-order valence-electron chi connectivity index (χ4n) is 3.33. The molecule has 154 valence electrons. The fraction of sp³-hybridized carbons (Fsp3) is 0.520. The van der Waals surface area contributed by atoms with Crippen molar-refractivity contribution < 1.29 is 9.47 Å². The van der Waals surface area contributed by atoms with Gasteiger partial charge in [0, 0.05) is 31.5 Å². The van der Waals surface area contributed by atoms with Gasteiger partial charge in [-0.2, -0.15) is 0 Å². The average Bonchev–Trinajstić information content (AvgIpc) is 2.70. The van der Waals surface area contributed by atoms with Gasteiger partial charge < -0.3 is 14.4 Å². The number of rotatable bonds is 10. The highest BCUT2D eigenvalue weighted by Gasteiger charge is 2.14. The van der Waals surface area contributed by atoms with E-state index in [0.717, 1.165) is 45.8 Å². The van der Waals surface area contributed by atoms with Crippen molar-refractivity contribution in [2.24, 2.45) is 5.92 Å². The van der Waals surface area contributed by atoms with Gasteiger partial charge in [0.25, 0.3) is 0 Å². The Balaban J connectivity index is 2.31. The van der Waals surface area contributed by atoms with Crippen LogP contribution in [0.15, 0.2) is 59.8 Å². The van der Waals surface area contributed by atoms with Gasteiger partial charge in [-0.1, -0.05) is 55.0 Å². The number of allylic oxidation sites excluding steroid dienone is 3. The topological polar surface area (TPSA) is 21.7 Å². The normalized spacial score (nSPS) is 16.8. The predicted molar refractivity (Wildman–Crippen MR) is 119 cm³/mol. The van der Waals surface area contributed by atoms with Crippen LogP contribution in [-0.2, 0) is 9.47 Å².